The van der Waals surface area contributed by atoms with Crippen molar-refractivity contribution in [3.05, 3.63) is 119 Å². The van der Waals surface area contributed by atoms with Gasteiger partial charge in [0.15, 0.2) is 0 Å². The van der Waals surface area contributed by atoms with Crippen LogP contribution in [0.2, 0.25) is 5.02 Å². The van der Waals surface area contributed by atoms with Gasteiger partial charge in [-0.25, -0.2) is 0 Å². The van der Waals surface area contributed by atoms with Gasteiger partial charge in [0.2, 0.25) is 0 Å². The summed E-state index contributed by atoms with van der Waals surface area (Å²) in [6.07, 6.45) is 0. The lowest BCUT2D eigenvalue weighted by Crippen LogP contribution is -2.11. The summed E-state index contributed by atoms with van der Waals surface area (Å²) in [6.45, 7) is 0. The molecule has 5 nitrogen and oxygen atoms in total. The summed E-state index contributed by atoms with van der Waals surface area (Å²) in [6, 6.07) is 31.3. The average molecular weight is 466 g/mol. The molecule has 6 heteroatoms. The van der Waals surface area contributed by atoms with E-state index in [0.29, 0.717) is 21.8 Å². The highest BCUT2D eigenvalue weighted by Gasteiger charge is 2.09. The zero-order valence-electron chi connectivity index (χ0n) is 18.0. The molecule has 0 spiro atoms. The molecule has 0 fully saturated rings. The highest BCUT2D eigenvalue weighted by molar-refractivity contribution is 6.30. The predicted molar refractivity (Wildman–Crippen MR) is 138 cm³/mol. The average Bonchev–Trinajstić information content (AvgIpc) is 3.29. The van der Waals surface area contributed by atoms with Crippen molar-refractivity contribution in [2.24, 2.45) is 0 Å². The Morgan fingerprint density at radius 1 is 0.647 bits per heavy atom. The van der Waals surface area contributed by atoms with Crippen molar-refractivity contribution in [3.63, 3.8) is 0 Å². The largest absolute Gasteiger partial charge is 0.355 e. The quantitative estimate of drug-likeness (QED) is 0.261. The Kier molecular flexibility index (Phi) is 5.85. The molecule has 0 atom stereocenters. The van der Waals surface area contributed by atoms with E-state index in [-0.39, 0.29) is 11.8 Å². The summed E-state index contributed by atoms with van der Waals surface area (Å²) >= 11 is 5.88. The monoisotopic (exact) mass is 465 g/mol. The number of benzene rings is 4. The van der Waals surface area contributed by atoms with Crippen LogP contribution in [-0.4, -0.2) is 16.8 Å². The van der Waals surface area contributed by atoms with Crippen molar-refractivity contribution >= 4 is 45.7 Å². The van der Waals surface area contributed by atoms with Gasteiger partial charge in [-0.2, -0.15) is 0 Å². The van der Waals surface area contributed by atoms with E-state index >= 15 is 0 Å². The standard InChI is InChI=1S/C28H20ClN3O2/c29-22-10-6-20(7-11-22)28(34)30-23-12-8-18(9-13-23)26-17-21-16-24(14-15-25(21)32-26)31-27(33)19-4-2-1-3-5-19/h1-17,32H,(H,30,34)(H,31,33). The first kappa shape index (κ1) is 21.5. The smallest absolute Gasteiger partial charge is 0.255 e. The summed E-state index contributed by atoms with van der Waals surface area (Å²) in [5.74, 6) is -0.341. The number of hydrogen-bond donors (Lipinski definition) is 3. The fourth-order valence-electron chi connectivity index (χ4n) is 3.70. The zero-order chi connectivity index (χ0) is 23.5. The molecule has 1 aromatic heterocycles. The molecule has 5 rings (SSSR count). The highest BCUT2D eigenvalue weighted by atomic mass is 35.5. The minimum absolute atomic E-state index is 0.146. The van der Waals surface area contributed by atoms with Gasteiger partial charge >= 0.3 is 0 Å². The van der Waals surface area contributed by atoms with E-state index in [0.717, 1.165) is 27.8 Å². The van der Waals surface area contributed by atoms with Crippen molar-refractivity contribution in [2.75, 3.05) is 10.6 Å². The Hall–Kier alpha value is -4.35. The fourth-order valence-corrected chi connectivity index (χ4v) is 3.82. The van der Waals surface area contributed by atoms with Gasteiger partial charge in [0, 0.05) is 44.1 Å². The molecule has 34 heavy (non-hydrogen) atoms. The van der Waals surface area contributed by atoms with Crippen LogP contribution in [0.5, 0.6) is 0 Å². The Balaban J connectivity index is 1.30. The van der Waals surface area contributed by atoms with Crippen molar-refractivity contribution in [2.45, 2.75) is 0 Å². The van der Waals surface area contributed by atoms with Crippen LogP contribution in [0.15, 0.2) is 103 Å². The Morgan fingerprint density at radius 3 is 1.97 bits per heavy atom. The lowest BCUT2D eigenvalue weighted by Gasteiger charge is -2.06. The second-order valence-electron chi connectivity index (χ2n) is 7.84. The second-order valence-corrected chi connectivity index (χ2v) is 8.28. The van der Waals surface area contributed by atoms with E-state index in [4.69, 9.17) is 11.6 Å². The van der Waals surface area contributed by atoms with Crippen LogP contribution in [0.1, 0.15) is 20.7 Å². The van der Waals surface area contributed by atoms with Gasteiger partial charge in [-0.15, -0.1) is 0 Å². The van der Waals surface area contributed by atoms with E-state index < -0.39 is 0 Å². The minimum Gasteiger partial charge on any atom is -0.355 e. The SMILES string of the molecule is O=C(Nc1ccc(-c2cc3cc(NC(=O)c4ccccc4)ccc3[nH]2)cc1)c1ccc(Cl)cc1. The molecule has 0 unspecified atom stereocenters. The maximum absolute atomic E-state index is 12.4. The number of H-pyrrole nitrogens is 1. The molecular weight excluding hydrogens is 446 g/mol. The van der Waals surface area contributed by atoms with Crippen LogP contribution in [0, 0.1) is 0 Å². The molecule has 2 amide bonds. The third kappa shape index (κ3) is 4.70. The van der Waals surface area contributed by atoms with Gasteiger partial charge in [-0.1, -0.05) is 41.9 Å². The molecule has 166 valence electrons. The van der Waals surface area contributed by atoms with Gasteiger partial charge in [-0.05, 0) is 78.4 Å². The van der Waals surface area contributed by atoms with Crippen LogP contribution in [0.25, 0.3) is 22.2 Å². The number of aromatic amines is 1. The van der Waals surface area contributed by atoms with Crippen LogP contribution in [-0.2, 0) is 0 Å². The van der Waals surface area contributed by atoms with Gasteiger partial charge in [0.1, 0.15) is 0 Å². The van der Waals surface area contributed by atoms with E-state index in [1.54, 1.807) is 36.4 Å². The van der Waals surface area contributed by atoms with Crippen molar-refractivity contribution < 1.29 is 9.59 Å². The third-order valence-corrected chi connectivity index (χ3v) is 5.73. The van der Waals surface area contributed by atoms with Gasteiger partial charge in [0.05, 0.1) is 0 Å². The lowest BCUT2D eigenvalue weighted by atomic mass is 10.1. The molecule has 5 aromatic rings. The van der Waals surface area contributed by atoms with Crippen molar-refractivity contribution in [3.8, 4) is 11.3 Å². The first-order valence-electron chi connectivity index (χ1n) is 10.7. The molecule has 0 saturated heterocycles. The first-order valence-corrected chi connectivity index (χ1v) is 11.1. The summed E-state index contributed by atoms with van der Waals surface area (Å²) < 4.78 is 0. The van der Waals surface area contributed by atoms with Crippen LogP contribution in [0.3, 0.4) is 0 Å². The molecule has 0 aliphatic heterocycles. The van der Waals surface area contributed by atoms with E-state index in [2.05, 4.69) is 15.6 Å². The maximum atomic E-state index is 12.4. The number of halogens is 1. The molecule has 0 aliphatic rings. The van der Waals surface area contributed by atoms with Crippen LogP contribution < -0.4 is 10.6 Å². The predicted octanol–water partition coefficient (Wildman–Crippen LogP) is 6.99. The second kappa shape index (κ2) is 9.25. The topological polar surface area (TPSA) is 74.0 Å². The molecule has 0 aliphatic carbocycles. The summed E-state index contributed by atoms with van der Waals surface area (Å²) in [7, 11) is 0. The molecule has 0 radical (unpaired) electrons. The van der Waals surface area contributed by atoms with Gasteiger partial charge in [-0.3, -0.25) is 9.59 Å². The number of aromatic nitrogens is 1. The third-order valence-electron chi connectivity index (χ3n) is 5.47. The Labute approximate surface area is 201 Å². The van der Waals surface area contributed by atoms with Crippen molar-refractivity contribution in [1.29, 1.82) is 0 Å². The van der Waals surface area contributed by atoms with Gasteiger partial charge in [0.25, 0.3) is 11.8 Å². The van der Waals surface area contributed by atoms with Gasteiger partial charge < -0.3 is 15.6 Å². The molecule has 1 heterocycles. The first-order chi connectivity index (χ1) is 16.5. The summed E-state index contributed by atoms with van der Waals surface area (Å²) in [5.41, 5.74) is 5.47. The minimum atomic E-state index is -0.194. The summed E-state index contributed by atoms with van der Waals surface area (Å²) in [5, 5.41) is 7.41. The van der Waals surface area contributed by atoms with E-state index in [1.165, 1.54) is 0 Å². The number of hydrogen-bond acceptors (Lipinski definition) is 2. The molecule has 0 bridgehead atoms. The Morgan fingerprint density at radius 2 is 1.26 bits per heavy atom. The molecular formula is C28H20ClN3O2. The van der Waals surface area contributed by atoms with Crippen molar-refractivity contribution in [1.82, 2.24) is 4.98 Å². The number of carbonyl (C=O) groups is 2. The van der Waals surface area contributed by atoms with E-state index in [9.17, 15) is 9.59 Å². The van der Waals surface area contributed by atoms with Crippen LogP contribution >= 0.6 is 11.6 Å². The number of anilines is 2. The number of amides is 2. The Bertz CT molecular complexity index is 1470. The number of nitrogens with one attached hydrogen (secondary N) is 3. The normalized spacial score (nSPS) is 10.7. The maximum Gasteiger partial charge on any atom is 0.255 e. The molecule has 3 N–H and O–H groups in total. The number of fused-ring (bicyclic) bond motifs is 1. The van der Waals surface area contributed by atoms with Crippen LogP contribution in [0.4, 0.5) is 11.4 Å². The fraction of sp³-hybridized carbons (Fsp3) is 0. The molecule has 0 saturated carbocycles. The summed E-state index contributed by atoms with van der Waals surface area (Å²) in [4.78, 5) is 28.2. The zero-order valence-corrected chi connectivity index (χ0v) is 18.8. The lowest BCUT2D eigenvalue weighted by molar-refractivity contribution is 0.101. The number of carbonyl (C=O) groups excluding carboxylic acids is 2. The number of rotatable bonds is 5. The molecule has 4 aromatic carbocycles. The highest BCUT2D eigenvalue weighted by Crippen LogP contribution is 2.27. The van der Waals surface area contributed by atoms with E-state index in [1.807, 2.05) is 66.7 Å².